The Kier molecular flexibility index (Phi) is 3.59. The Hall–Kier alpha value is -2.60. The lowest BCUT2D eigenvalue weighted by atomic mass is 9.87. The van der Waals surface area contributed by atoms with Gasteiger partial charge >= 0.3 is 0 Å². The highest BCUT2D eigenvalue weighted by Crippen LogP contribution is 2.38. The summed E-state index contributed by atoms with van der Waals surface area (Å²) in [5, 5.41) is 9.10. The molecule has 3 heteroatoms. The summed E-state index contributed by atoms with van der Waals surface area (Å²) in [6.45, 7) is 1.65. The zero-order valence-electron chi connectivity index (χ0n) is 13.1. The molecule has 1 saturated heterocycles. The quantitative estimate of drug-likeness (QED) is 0.699. The number of likely N-dealkylation sites (tertiary alicyclic amines) is 1. The molecule has 2 aliphatic rings. The second-order valence-corrected chi connectivity index (χ2v) is 6.26. The van der Waals surface area contributed by atoms with Crippen molar-refractivity contribution in [3.05, 3.63) is 70.6 Å². The molecule has 0 saturated carbocycles. The van der Waals surface area contributed by atoms with Gasteiger partial charge in [0.2, 0.25) is 0 Å². The first-order valence-electron chi connectivity index (χ1n) is 8.25. The standard InChI is InChI=1S/C20H19N3/c21-14-23-11-8-17(9-12-23)20-18-4-2-1-3-15(18)5-6-16-7-10-22-13-19(16)20/h1-4,7,10,13H,5-6,8-9,11-12H2. The molecule has 0 radical (unpaired) electrons. The van der Waals surface area contributed by atoms with E-state index in [1.165, 1.54) is 33.4 Å². The number of fused-ring (bicyclic) bond motifs is 2. The van der Waals surface area contributed by atoms with Crippen molar-refractivity contribution < 1.29 is 0 Å². The molecule has 0 bridgehead atoms. The molecular formula is C20H19N3. The van der Waals surface area contributed by atoms with E-state index in [1.807, 2.05) is 17.3 Å². The number of aromatic nitrogens is 1. The highest BCUT2D eigenvalue weighted by atomic mass is 15.1. The van der Waals surface area contributed by atoms with Crippen molar-refractivity contribution >= 4 is 5.57 Å². The van der Waals surface area contributed by atoms with Gasteiger partial charge in [0, 0.05) is 31.0 Å². The van der Waals surface area contributed by atoms with E-state index in [0.29, 0.717) is 0 Å². The lowest BCUT2D eigenvalue weighted by Gasteiger charge is -2.26. The smallest absolute Gasteiger partial charge is 0.179 e. The minimum Gasteiger partial charge on any atom is -0.310 e. The van der Waals surface area contributed by atoms with E-state index in [0.717, 1.165) is 38.8 Å². The van der Waals surface area contributed by atoms with Crippen LogP contribution < -0.4 is 0 Å². The fraction of sp³-hybridized carbons (Fsp3) is 0.300. The summed E-state index contributed by atoms with van der Waals surface area (Å²) in [5.41, 5.74) is 8.31. The lowest BCUT2D eigenvalue weighted by molar-refractivity contribution is 0.365. The van der Waals surface area contributed by atoms with Gasteiger partial charge in [-0.2, -0.15) is 5.26 Å². The Morgan fingerprint density at radius 1 is 0.913 bits per heavy atom. The highest BCUT2D eigenvalue weighted by molar-refractivity contribution is 5.85. The van der Waals surface area contributed by atoms with Crippen LogP contribution in [0, 0.1) is 11.5 Å². The molecular weight excluding hydrogens is 282 g/mol. The van der Waals surface area contributed by atoms with E-state index in [2.05, 4.69) is 41.5 Å². The molecule has 0 atom stereocenters. The van der Waals surface area contributed by atoms with Crippen molar-refractivity contribution in [3.8, 4) is 6.19 Å². The molecule has 0 amide bonds. The van der Waals surface area contributed by atoms with Crippen molar-refractivity contribution in [2.75, 3.05) is 13.1 Å². The summed E-state index contributed by atoms with van der Waals surface area (Å²) >= 11 is 0. The van der Waals surface area contributed by atoms with Crippen molar-refractivity contribution in [2.24, 2.45) is 0 Å². The SMILES string of the molecule is N#CN1CCC(=C2c3ccccc3CCc3ccncc32)CC1. The number of hydrogen-bond donors (Lipinski definition) is 0. The van der Waals surface area contributed by atoms with Crippen LogP contribution in [0.15, 0.2) is 48.3 Å². The Labute approximate surface area is 136 Å². The van der Waals surface area contributed by atoms with Gasteiger partial charge in [0.05, 0.1) is 0 Å². The van der Waals surface area contributed by atoms with Crippen LogP contribution >= 0.6 is 0 Å². The molecule has 1 aromatic heterocycles. The van der Waals surface area contributed by atoms with Crippen LogP contribution in [0.25, 0.3) is 5.57 Å². The van der Waals surface area contributed by atoms with Gasteiger partial charge in [-0.1, -0.05) is 29.8 Å². The minimum absolute atomic E-state index is 0.826. The van der Waals surface area contributed by atoms with Gasteiger partial charge in [-0.3, -0.25) is 4.98 Å². The van der Waals surface area contributed by atoms with Crippen LogP contribution in [-0.4, -0.2) is 23.0 Å². The van der Waals surface area contributed by atoms with Crippen LogP contribution in [0.1, 0.15) is 35.1 Å². The Morgan fingerprint density at radius 2 is 1.65 bits per heavy atom. The molecule has 23 heavy (non-hydrogen) atoms. The molecule has 0 N–H and O–H groups in total. The van der Waals surface area contributed by atoms with Gasteiger partial charge in [-0.25, -0.2) is 0 Å². The Balaban J connectivity index is 1.89. The average Bonchev–Trinajstić information content (AvgIpc) is 2.79. The minimum atomic E-state index is 0.826. The van der Waals surface area contributed by atoms with Crippen molar-refractivity contribution in [1.82, 2.24) is 9.88 Å². The number of pyridine rings is 1. The number of piperidine rings is 1. The summed E-state index contributed by atoms with van der Waals surface area (Å²) in [6.07, 6.45) is 10.3. The first-order valence-corrected chi connectivity index (χ1v) is 8.25. The second kappa shape index (κ2) is 5.89. The lowest BCUT2D eigenvalue weighted by Crippen LogP contribution is -2.26. The molecule has 2 heterocycles. The fourth-order valence-corrected chi connectivity index (χ4v) is 3.77. The van der Waals surface area contributed by atoms with Gasteiger partial charge in [0.25, 0.3) is 0 Å². The Bertz CT molecular complexity index is 754. The van der Waals surface area contributed by atoms with Gasteiger partial charge in [-0.05, 0) is 54.0 Å². The third-order valence-electron chi connectivity index (χ3n) is 4.99. The third kappa shape index (κ3) is 2.51. The normalized spacial score (nSPS) is 17.1. The number of nitrogens with zero attached hydrogens (tertiary/aromatic N) is 3. The molecule has 1 aliphatic carbocycles. The zero-order valence-corrected chi connectivity index (χ0v) is 13.1. The molecule has 0 unspecified atom stereocenters. The predicted octanol–water partition coefficient (Wildman–Crippen LogP) is 3.56. The molecule has 3 nitrogen and oxygen atoms in total. The van der Waals surface area contributed by atoms with E-state index in [1.54, 1.807) is 0 Å². The van der Waals surface area contributed by atoms with Crippen LogP contribution in [0.5, 0.6) is 0 Å². The van der Waals surface area contributed by atoms with Gasteiger partial charge < -0.3 is 4.90 Å². The monoisotopic (exact) mass is 301 g/mol. The van der Waals surface area contributed by atoms with Crippen molar-refractivity contribution in [3.63, 3.8) is 0 Å². The topological polar surface area (TPSA) is 39.9 Å². The second-order valence-electron chi connectivity index (χ2n) is 6.26. The predicted molar refractivity (Wildman–Crippen MR) is 90.5 cm³/mol. The van der Waals surface area contributed by atoms with Crippen molar-refractivity contribution in [2.45, 2.75) is 25.7 Å². The van der Waals surface area contributed by atoms with Gasteiger partial charge in [0.1, 0.15) is 0 Å². The molecule has 1 fully saturated rings. The van der Waals surface area contributed by atoms with E-state index in [4.69, 9.17) is 5.26 Å². The summed E-state index contributed by atoms with van der Waals surface area (Å²) in [7, 11) is 0. The number of benzene rings is 1. The fourth-order valence-electron chi connectivity index (χ4n) is 3.77. The average molecular weight is 301 g/mol. The summed E-state index contributed by atoms with van der Waals surface area (Å²) in [5.74, 6) is 0. The third-order valence-corrected chi connectivity index (χ3v) is 4.99. The molecule has 114 valence electrons. The maximum atomic E-state index is 9.10. The maximum Gasteiger partial charge on any atom is 0.179 e. The van der Waals surface area contributed by atoms with E-state index >= 15 is 0 Å². The van der Waals surface area contributed by atoms with Crippen LogP contribution in [0.3, 0.4) is 0 Å². The molecule has 0 spiro atoms. The summed E-state index contributed by atoms with van der Waals surface area (Å²) in [6, 6.07) is 10.9. The molecule has 4 rings (SSSR count). The molecule has 2 aromatic rings. The van der Waals surface area contributed by atoms with E-state index in [9.17, 15) is 0 Å². The van der Waals surface area contributed by atoms with Gasteiger partial charge in [0.15, 0.2) is 6.19 Å². The van der Waals surface area contributed by atoms with E-state index < -0.39 is 0 Å². The number of hydrogen-bond acceptors (Lipinski definition) is 3. The summed E-state index contributed by atoms with van der Waals surface area (Å²) in [4.78, 5) is 6.25. The zero-order chi connectivity index (χ0) is 15.6. The Morgan fingerprint density at radius 3 is 2.43 bits per heavy atom. The number of rotatable bonds is 0. The van der Waals surface area contributed by atoms with Crippen LogP contribution in [0.4, 0.5) is 0 Å². The van der Waals surface area contributed by atoms with E-state index in [-0.39, 0.29) is 0 Å². The summed E-state index contributed by atoms with van der Waals surface area (Å²) < 4.78 is 0. The van der Waals surface area contributed by atoms with Gasteiger partial charge in [-0.15, -0.1) is 0 Å². The van der Waals surface area contributed by atoms with Crippen LogP contribution in [0.2, 0.25) is 0 Å². The largest absolute Gasteiger partial charge is 0.310 e. The first kappa shape index (κ1) is 14.0. The molecule has 1 aromatic carbocycles. The highest BCUT2D eigenvalue weighted by Gasteiger charge is 2.23. The maximum absolute atomic E-state index is 9.10. The molecule has 1 aliphatic heterocycles. The number of nitriles is 1. The van der Waals surface area contributed by atoms with Crippen LogP contribution in [-0.2, 0) is 12.8 Å². The number of aryl methyl sites for hydroxylation is 2. The van der Waals surface area contributed by atoms with Crippen molar-refractivity contribution in [1.29, 1.82) is 5.26 Å². The first-order chi connectivity index (χ1) is 11.4.